The Morgan fingerprint density at radius 1 is 1.46 bits per heavy atom. The molecule has 0 bridgehead atoms. The SMILES string of the molecule is Cc1nc(N(C)C2CC2)ccc1N. The highest BCUT2D eigenvalue weighted by Crippen LogP contribution is 2.29. The van der Waals surface area contributed by atoms with Gasteiger partial charge in [-0.2, -0.15) is 0 Å². The molecule has 2 rings (SSSR count). The van der Waals surface area contributed by atoms with Crippen molar-refractivity contribution in [1.29, 1.82) is 0 Å². The molecule has 0 unspecified atom stereocenters. The Morgan fingerprint density at radius 3 is 2.69 bits per heavy atom. The molecule has 1 aromatic heterocycles. The number of rotatable bonds is 2. The van der Waals surface area contributed by atoms with Gasteiger partial charge in [0.25, 0.3) is 0 Å². The summed E-state index contributed by atoms with van der Waals surface area (Å²) in [6, 6.07) is 4.62. The predicted octanol–water partition coefficient (Wildman–Crippen LogP) is 1.57. The Hall–Kier alpha value is -1.25. The highest BCUT2D eigenvalue weighted by molar-refractivity contribution is 5.50. The van der Waals surface area contributed by atoms with Gasteiger partial charge in [0.2, 0.25) is 0 Å². The van der Waals surface area contributed by atoms with Crippen LogP contribution in [0.25, 0.3) is 0 Å². The maximum atomic E-state index is 5.70. The van der Waals surface area contributed by atoms with E-state index < -0.39 is 0 Å². The van der Waals surface area contributed by atoms with Crippen LogP contribution < -0.4 is 10.6 Å². The van der Waals surface area contributed by atoms with E-state index in [0.29, 0.717) is 6.04 Å². The molecule has 3 nitrogen and oxygen atoms in total. The monoisotopic (exact) mass is 177 g/mol. The van der Waals surface area contributed by atoms with Crippen LogP contribution in [0.2, 0.25) is 0 Å². The maximum Gasteiger partial charge on any atom is 0.128 e. The van der Waals surface area contributed by atoms with Gasteiger partial charge in [-0.05, 0) is 31.9 Å². The van der Waals surface area contributed by atoms with E-state index in [4.69, 9.17) is 5.73 Å². The third-order valence-corrected chi connectivity index (χ3v) is 2.57. The van der Waals surface area contributed by atoms with E-state index in [0.717, 1.165) is 17.2 Å². The van der Waals surface area contributed by atoms with Gasteiger partial charge >= 0.3 is 0 Å². The summed E-state index contributed by atoms with van der Waals surface area (Å²) in [5.41, 5.74) is 7.39. The predicted molar refractivity (Wildman–Crippen MR) is 54.8 cm³/mol. The van der Waals surface area contributed by atoms with Gasteiger partial charge in [-0.15, -0.1) is 0 Å². The molecule has 0 spiro atoms. The lowest BCUT2D eigenvalue weighted by Crippen LogP contribution is -2.20. The van der Waals surface area contributed by atoms with Gasteiger partial charge in [0.15, 0.2) is 0 Å². The van der Waals surface area contributed by atoms with E-state index in [9.17, 15) is 0 Å². The van der Waals surface area contributed by atoms with Gasteiger partial charge < -0.3 is 10.6 Å². The zero-order valence-electron chi connectivity index (χ0n) is 8.12. The summed E-state index contributed by atoms with van der Waals surface area (Å²) in [7, 11) is 2.09. The molecule has 0 amide bonds. The maximum absolute atomic E-state index is 5.70. The van der Waals surface area contributed by atoms with Gasteiger partial charge in [-0.1, -0.05) is 0 Å². The molecule has 1 aliphatic rings. The minimum absolute atomic E-state index is 0.704. The number of nitrogens with two attached hydrogens (primary N) is 1. The fraction of sp³-hybridized carbons (Fsp3) is 0.500. The molecule has 0 aliphatic heterocycles. The molecular weight excluding hydrogens is 162 g/mol. The van der Waals surface area contributed by atoms with Crippen LogP contribution >= 0.6 is 0 Å². The number of anilines is 2. The zero-order chi connectivity index (χ0) is 9.42. The molecule has 1 aliphatic carbocycles. The fourth-order valence-corrected chi connectivity index (χ4v) is 1.40. The number of nitrogen functional groups attached to an aromatic ring is 1. The second-order valence-corrected chi connectivity index (χ2v) is 3.69. The normalized spacial score (nSPS) is 15.8. The van der Waals surface area contributed by atoms with Crippen molar-refractivity contribution in [2.75, 3.05) is 17.7 Å². The second kappa shape index (κ2) is 2.91. The zero-order valence-corrected chi connectivity index (χ0v) is 8.12. The average molecular weight is 177 g/mol. The molecule has 1 heterocycles. The summed E-state index contributed by atoms with van der Waals surface area (Å²) in [6.07, 6.45) is 2.59. The molecule has 2 N–H and O–H groups in total. The molecule has 3 heteroatoms. The highest BCUT2D eigenvalue weighted by Gasteiger charge is 2.27. The van der Waals surface area contributed by atoms with Crippen LogP contribution in [0.4, 0.5) is 11.5 Å². The van der Waals surface area contributed by atoms with Crippen molar-refractivity contribution in [2.24, 2.45) is 0 Å². The second-order valence-electron chi connectivity index (χ2n) is 3.69. The Kier molecular flexibility index (Phi) is 1.87. The van der Waals surface area contributed by atoms with Crippen molar-refractivity contribution in [3.8, 4) is 0 Å². The molecule has 13 heavy (non-hydrogen) atoms. The summed E-state index contributed by atoms with van der Waals surface area (Å²) in [5.74, 6) is 1.04. The quantitative estimate of drug-likeness (QED) is 0.745. The van der Waals surface area contributed by atoms with Gasteiger partial charge in [-0.25, -0.2) is 4.98 Å². The van der Waals surface area contributed by atoms with Gasteiger partial charge in [-0.3, -0.25) is 0 Å². The van der Waals surface area contributed by atoms with Gasteiger partial charge in [0.05, 0.1) is 11.4 Å². The Labute approximate surface area is 78.6 Å². The Balaban J connectivity index is 2.24. The Bertz CT molecular complexity index is 318. The molecule has 1 fully saturated rings. The van der Waals surface area contributed by atoms with E-state index in [1.165, 1.54) is 12.8 Å². The molecular formula is C10H15N3. The first-order valence-electron chi connectivity index (χ1n) is 4.64. The fourth-order valence-electron chi connectivity index (χ4n) is 1.40. The lowest BCUT2D eigenvalue weighted by Gasteiger charge is -2.17. The molecule has 0 saturated heterocycles. The lowest BCUT2D eigenvalue weighted by atomic mass is 10.3. The van der Waals surface area contributed by atoms with Gasteiger partial charge in [0, 0.05) is 13.1 Å². The number of aryl methyl sites for hydroxylation is 1. The summed E-state index contributed by atoms with van der Waals surface area (Å²) in [5, 5.41) is 0. The summed E-state index contributed by atoms with van der Waals surface area (Å²) in [4.78, 5) is 6.66. The first kappa shape index (κ1) is 8.35. The first-order valence-corrected chi connectivity index (χ1v) is 4.64. The first-order chi connectivity index (χ1) is 6.18. The standard InChI is InChI=1S/C10H15N3/c1-7-9(11)5-6-10(12-7)13(2)8-3-4-8/h5-6,8H,3-4,11H2,1-2H3. The summed E-state index contributed by atoms with van der Waals surface area (Å²) < 4.78 is 0. The van der Waals surface area contributed by atoms with Crippen LogP contribution in [0.5, 0.6) is 0 Å². The summed E-state index contributed by atoms with van der Waals surface area (Å²) >= 11 is 0. The number of pyridine rings is 1. The van der Waals surface area contributed by atoms with Crippen molar-refractivity contribution < 1.29 is 0 Å². The van der Waals surface area contributed by atoms with E-state index in [1.807, 2.05) is 19.1 Å². The van der Waals surface area contributed by atoms with E-state index in [-0.39, 0.29) is 0 Å². The molecule has 1 saturated carbocycles. The van der Waals surface area contributed by atoms with Crippen molar-refractivity contribution in [1.82, 2.24) is 4.98 Å². The third kappa shape index (κ3) is 1.59. The van der Waals surface area contributed by atoms with Crippen LogP contribution in [-0.4, -0.2) is 18.1 Å². The minimum atomic E-state index is 0.704. The van der Waals surface area contributed by atoms with Crippen LogP contribution in [0.15, 0.2) is 12.1 Å². The van der Waals surface area contributed by atoms with Crippen LogP contribution in [0, 0.1) is 6.92 Å². The third-order valence-electron chi connectivity index (χ3n) is 2.57. The van der Waals surface area contributed by atoms with E-state index in [1.54, 1.807) is 0 Å². The van der Waals surface area contributed by atoms with E-state index in [2.05, 4.69) is 16.9 Å². The molecule has 0 atom stereocenters. The van der Waals surface area contributed by atoms with Crippen LogP contribution in [0.1, 0.15) is 18.5 Å². The molecule has 0 radical (unpaired) electrons. The number of hydrogen-bond acceptors (Lipinski definition) is 3. The van der Waals surface area contributed by atoms with E-state index >= 15 is 0 Å². The highest BCUT2D eigenvalue weighted by atomic mass is 15.2. The molecule has 0 aromatic carbocycles. The Morgan fingerprint density at radius 2 is 2.15 bits per heavy atom. The number of hydrogen-bond donors (Lipinski definition) is 1. The van der Waals surface area contributed by atoms with Crippen molar-refractivity contribution in [3.05, 3.63) is 17.8 Å². The smallest absolute Gasteiger partial charge is 0.128 e. The minimum Gasteiger partial charge on any atom is -0.397 e. The average Bonchev–Trinajstić information content (AvgIpc) is 2.91. The van der Waals surface area contributed by atoms with Crippen molar-refractivity contribution in [3.63, 3.8) is 0 Å². The number of nitrogens with zero attached hydrogens (tertiary/aromatic N) is 2. The van der Waals surface area contributed by atoms with Crippen molar-refractivity contribution >= 4 is 11.5 Å². The van der Waals surface area contributed by atoms with Crippen molar-refractivity contribution in [2.45, 2.75) is 25.8 Å². The summed E-state index contributed by atoms with van der Waals surface area (Å²) in [6.45, 7) is 1.94. The van der Waals surface area contributed by atoms with Crippen LogP contribution in [-0.2, 0) is 0 Å². The molecule has 70 valence electrons. The van der Waals surface area contributed by atoms with Crippen LogP contribution in [0.3, 0.4) is 0 Å². The largest absolute Gasteiger partial charge is 0.397 e. The lowest BCUT2D eigenvalue weighted by molar-refractivity contribution is 0.887. The number of aromatic nitrogens is 1. The molecule has 1 aromatic rings. The van der Waals surface area contributed by atoms with Gasteiger partial charge in [0.1, 0.15) is 5.82 Å². The topological polar surface area (TPSA) is 42.2 Å².